The van der Waals surface area contributed by atoms with Crippen LogP contribution in [0.3, 0.4) is 0 Å². The topological polar surface area (TPSA) is 96.0 Å². The summed E-state index contributed by atoms with van der Waals surface area (Å²) < 4.78 is 5.04. The number of urea groups is 1. The lowest BCUT2D eigenvalue weighted by molar-refractivity contribution is 0.181. The van der Waals surface area contributed by atoms with Gasteiger partial charge in [0.15, 0.2) is 0 Å². The van der Waals surface area contributed by atoms with Gasteiger partial charge in [0.25, 0.3) is 0 Å². The summed E-state index contributed by atoms with van der Waals surface area (Å²) in [5.41, 5.74) is 3.11. The number of methoxy groups -OCH3 is 1. The maximum atomic E-state index is 12.4. The Kier molecular flexibility index (Phi) is 5.05. The smallest absolute Gasteiger partial charge is 0.323 e. The van der Waals surface area contributed by atoms with Gasteiger partial charge in [0.05, 0.1) is 18.5 Å². The number of anilines is 1. The number of hydrogen-bond donors (Lipinski definition) is 2. The molecule has 2 amide bonds. The molecule has 0 saturated carbocycles. The Morgan fingerprint density at radius 1 is 1.42 bits per heavy atom. The Bertz CT molecular complexity index is 693. The first-order valence-corrected chi connectivity index (χ1v) is 8.03. The second-order valence-corrected chi connectivity index (χ2v) is 5.97. The lowest BCUT2D eigenvalue weighted by atomic mass is 9.90. The van der Waals surface area contributed by atoms with E-state index in [4.69, 9.17) is 4.74 Å². The number of amides is 2. The highest BCUT2D eigenvalue weighted by Crippen LogP contribution is 2.29. The summed E-state index contributed by atoms with van der Waals surface area (Å²) in [5, 5.41) is 9.90. The first-order valence-electron chi connectivity index (χ1n) is 8.03. The van der Waals surface area contributed by atoms with Crippen molar-refractivity contribution in [1.29, 1.82) is 0 Å². The molecule has 3 heterocycles. The van der Waals surface area contributed by atoms with Crippen LogP contribution < -0.4 is 5.32 Å². The van der Waals surface area contributed by atoms with E-state index in [0.717, 1.165) is 37.3 Å². The molecule has 0 unspecified atom stereocenters. The maximum absolute atomic E-state index is 12.4. The summed E-state index contributed by atoms with van der Waals surface area (Å²) in [4.78, 5) is 22.4. The number of aryl methyl sites for hydroxylation is 1. The van der Waals surface area contributed by atoms with Crippen LogP contribution in [0.5, 0.6) is 0 Å². The second kappa shape index (κ2) is 7.39. The van der Waals surface area contributed by atoms with E-state index in [1.165, 1.54) is 11.9 Å². The number of carbonyl (C=O) groups excluding carboxylic acids is 1. The first kappa shape index (κ1) is 16.4. The van der Waals surface area contributed by atoms with Gasteiger partial charge in [-0.2, -0.15) is 5.10 Å². The zero-order chi connectivity index (χ0) is 16.9. The minimum absolute atomic E-state index is 0.126. The van der Waals surface area contributed by atoms with Crippen LogP contribution in [-0.4, -0.2) is 51.3 Å². The number of rotatable bonds is 4. The number of aromatic nitrogens is 4. The number of nitrogens with one attached hydrogen (secondary N) is 2. The molecular weight excluding hydrogens is 308 g/mol. The Morgan fingerprint density at radius 3 is 2.88 bits per heavy atom. The lowest BCUT2D eigenvalue weighted by Crippen LogP contribution is -2.40. The van der Waals surface area contributed by atoms with Crippen molar-refractivity contribution in [1.82, 2.24) is 25.1 Å². The zero-order valence-corrected chi connectivity index (χ0v) is 14.0. The molecule has 0 aromatic carbocycles. The number of piperidine rings is 1. The molecule has 24 heavy (non-hydrogen) atoms. The van der Waals surface area contributed by atoms with E-state index in [9.17, 15) is 4.79 Å². The molecule has 2 aromatic heterocycles. The fraction of sp³-hybridized carbons (Fsp3) is 0.500. The number of aromatic amines is 1. The SMILES string of the molecule is COCc1cc(NC(=O)N2CCC(c3cn[nH]c3C)CC2)ncn1. The van der Waals surface area contributed by atoms with E-state index in [-0.39, 0.29) is 6.03 Å². The van der Waals surface area contributed by atoms with Gasteiger partial charge >= 0.3 is 6.03 Å². The number of likely N-dealkylation sites (tertiary alicyclic amines) is 1. The van der Waals surface area contributed by atoms with Crippen molar-refractivity contribution >= 4 is 11.8 Å². The summed E-state index contributed by atoms with van der Waals surface area (Å²) in [6.45, 7) is 3.86. The lowest BCUT2D eigenvalue weighted by Gasteiger charge is -2.31. The molecule has 1 saturated heterocycles. The van der Waals surface area contributed by atoms with Crippen molar-refractivity contribution in [2.45, 2.75) is 32.3 Å². The third-order valence-corrected chi connectivity index (χ3v) is 4.34. The molecule has 8 nitrogen and oxygen atoms in total. The predicted molar refractivity (Wildman–Crippen MR) is 88.6 cm³/mol. The molecule has 2 aromatic rings. The predicted octanol–water partition coefficient (Wildman–Crippen LogP) is 2.07. The van der Waals surface area contributed by atoms with Gasteiger partial charge in [-0.3, -0.25) is 10.4 Å². The van der Waals surface area contributed by atoms with E-state index < -0.39 is 0 Å². The Labute approximate surface area is 140 Å². The van der Waals surface area contributed by atoms with Crippen LogP contribution in [0, 0.1) is 6.92 Å². The summed E-state index contributed by atoms with van der Waals surface area (Å²) in [6, 6.07) is 1.60. The third-order valence-electron chi connectivity index (χ3n) is 4.34. The van der Waals surface area contributed by atoms with Gasteiger partial charge in [-0.1, -0.05) is 0 Å². The van der Waals surface area contributed by atoms with E-state index in [1.807, 2.05) is 18.0 Å². The molecule has 2 N–H and O–H groups in total. The Balaban J connectivity index is 1.55. The van der Waals surface area contributed by atoms with Crippen LogP contribution in [0.1, 0.15) is 35.7 Å². The minimum atomic E-state index is -0.126. The van der Waals surface area contributed by atoms with E-state index >= 15 is 0 Å². The van der Waals surface area contributed by atoms with Crippen molar-refractivity contribution in [2.75, 3.05) is 25.5 Å². The summed E-state index contributed by atoms with van der Waals surface area (Å²) in [6.07, 6.45) is 5.20. The van der Waals surface area contributed by atoms with Crippen molar-refractivity contribution in [3.63, 3.8) is 0 Å². The summed E-state index contributed by atoms with van der Waals surface area (Å²) in [5.74, 6) is 0.954. The van der Waals surface area contributed by atoms with Crippen LogP contribution in [-0.2, 0) is 11.3 Å². The minimum Gasteiger partial charge on any atom is -0.378 e. The zero-order valence-electron chi connectivity index (χ0n) is 14.0. The quantitative estimate of drug-likeness (QED) is 0.894. The average molecular weight is 330 g/mol. The highest BCUT2D eigenvalue weighted by atomic mass is 16.5. The highest BCUT2D eigenvalue weighted by molar-refractivity contribution is 5.88. The molecule has 0 bridgehead atoms. The number of ether oxygens (including phenoxy) is 1. The largest absolute Gasteiger partial charge is 0.378 e. The monoisotopic (exact) mass is 330 g/mol. The number of carbonyl (C=O) groups is 1. The van der Waals surface area contributed by atoms with Gasteiger partial charge in [-0.25, -0.2) is 14.8 Å². The van der Waals surface area contributed by atoms with Crippen LogP contribution in [0.4, 0.5) is 10.6 Å². The van der Waals surface area contributed by atoms with Crippen molar-refractivity contribution < 1.29 is 9.53 Å². The number of hydrogen-bond acceptors (Lipinski definition) is 5. The van der Waals surface area contributed by atoms with Gasteiger partial charge < -0.3 is 9.64 Å². The molecular formula is C16H22N6O2. The van der Waals surface area contributed by atoms with E-state index in [0.29, 0.717) is 18.3 Å². The molecule has 3 rings (SSSR count). The molecule has 1 aliphatic heterocycles. The normalized spacial score (nSPS) is 15.5. The Hall–Kier alpha value is -2.48. The molecule has 0 aliphatic carbocycles. The maximum Gasteiger partial charge on any atom is 0.323 e. The van der Waals surface area contributed by atoms with Crippen LogP contribution >= 0.6 is 0 Å². The van der Waals surface area contributed by atoms with Crippen LogP contribution in [0.25, 0.3) is 0 Å². The van der Waals surface area contributed by atoms with E-state index in [2.05, 4.69) is 25.5 Å². The molecule has 0 spiro atoms. The molecule has 8 heteroatoms. The molecule has 0 radical (unpaired) electrons. The van der Waals surface area contributed by atoms with Gasteiger partial charge in [0.1, 0.15) is 12.1 Å². The fourth-order valence-electron chi connectivity index (χ4n) is 3.05. The second-order valence-electron chi connectivity index (χ2n) is 5.97. The van der Waals surface area contributed by atoms with Crippen molar-refractivity contribution in [3.05, 3.63) is 35.5 Å². The Morgan fingerprint density at radius 2 is 2.21 bits per heavy atom. The van der Waals surface area contributed by atoms with Crippen LogP contribution in [0.2, 0.25) is 0 Å². The molecule has 0 atom stereocenters. The molecule has 128 valence electrons. The van der Waals surface area contributed by atoms with Gasteiger partial charge in [-0.15, -0.1) is 0 Å². The standard InChI is InChI=1S/C16H22N6O2/c1-11-14(8-19-21-11)12-3-5-22(6-4-12)16(23)20-15-7-13(9-24-2)17-10-18-15/h7-8,10,12H,3-6,9H2,1-2H3,(H,19,21)(H,17,18,20,23). The van der Waals surface area contributed by atoms with Crippen molar-refractivity contribution in [2.24, 2.45) is 0 Å². The number of nitrogens with zero attached hydrogens (tertiary/aromatic N) is 4. The van der Waals surface area contributed by atoms with Gasteiger partial charge in [-0.05, 0) is 31.2 Å². The number of H-pyrrole nitrogens is 1. The summed E-state index contributed by atoms with van der Waals surface area (Å²) >= 11 is 0. The summed E-state index contributed by atoms with van der Waals surface area (Å²) in [7, 11) is 1.60. The average Bonchev–Trinajstić information content (AvgIpc) is 3.02. The fourth-order valence-corrected chi connectivity index (χ4v) is 3.05. The highest BCUT2D eigenvalue weighted by Gasteiger charge is 2.25. The molecule has 1 fully saturated rings. The van der Waals surface area contributed by atoms with E-state index in [1.54, 1.807) is 13.2 Å². The van der Waals surface area contributed by atoms with Crippen molar-refractivity contribution in [3.8, 4) is 0 Å². The van der Waals surface area contributed by atoms with Crippen LogP contribution in [0.15, 0.2) is 18.6 Å². The molecule has 1 aliphatic rings. The third kappa shape index (κ3) is 3.70. The first-order chi connectivity index (χ1) is 11.7. The van der Waals surface area contributed by atoms with Gasteiger partial charge in [0.2, 0.25) is 0 Å². The van der Waals surface area contributed by atoms with Gasteiger partial charge in [0, 0.05) is 32.0 Å².